The minimum atomic E-state index is -2.96. The van der Waals surface area contributed by atoms with Crippen molar-refractivity contribution in [3.63, 3.8) is 0 Å². The van der Waals surface area contributed by atoms with Crippen LogP contribution in [-0.4, -0.2) is 10.1 Å². The Kier molecular flexibility index (Phi) is 4.00. The number of rotatable bonds is 2. The largest absolute Gasteiger partial charge is 0.475 e. The highest BCUT2D eigenvalue weighted by Gasteiger charge is 2.54. The van der Waals surface area contributed by atoms with Gasteiger partial charge in [-0.05, 0) is 29.3 Å². The van der Waals surface area contributed by atoms with Crippen LogP contribution >= 0.6 is 7.14 Å². The van der Waals surface area contributed by atoms with Crippen LogP contribution in [0.15, 0.2) is 72.9 Å². The van der Waals surface area contributed by atoms with Gasteiger partial charge in [0.1, 0.15) is 5.75 Å². The second kappa shape index (κ2) is 6.10. The molecule has 1 aliphatic rings. The molecule has 3 nitrogen and oxygen atoms in total. The van der Waals surface area contributed by atoms with Gasteiger partial charge in [-0.15, -0.1) is 0 Å². The second-order valence-electron chi connectivity index (χ2n) is 7.57. The molecule has 3 aromatic rings. The molecule has 0 amide bonds. The van der Waals surface area contributed by atoms with Crippen molar-refractivity contribution in [1.82, 2.24) is 4.98 Å². The number of fused-ring (bicyclic) bond motifs is 1. The Balaban J connectivity index is 1.99. The molecule has 1 unspecified atom stereocenters. The Bertz CT molecular complexity index is 978. The van der Waals surface area contributed by atoms with Crippen LogP contribution in [0.5, 0.6) is 5.75 Å². The third-order valence-electron chi connectivity index (χ3n) is 4.92. The summed E-state index contributed by atoms with van der Waals surface area (Å²) in [7, 11) is -2.96. The fourth-order valence-electron chi connectivity index (χ4n) is 3.58. The van der Waals surface area contributed by atoms with Gasteiger partial charge in [0, 0.05) is 11.4 Å². The molecule has 2 aromatic carbocycles. The van der Waals surface area contributed by atoms with Crippen molar-refractivity contribution >= 4 is 12.4 Å². The van der Waals surface area contributed by atoms with Gasteiger partial charge in [-0.3, -0.25) is 4.98 Å². The second-order valence-corrected chi connectivity index (χ2v) is 11.1. The van der Waals surface area contributed by atoms with Gasteiger partial charge in [0.25, 0.3) is 0 Å². The van der Waals surface area contributed by atoms with Crippen LogP contribution < -0.4 is 10.0 Å². The number of nitrogens with zero attached hydrogens (tertiary/aromatic N) is 1. The Morgan fingerprint density at radius 3 is 2.31 bits per heavy atom. The van der Waals surface area contributed by atoms with Gasteiger partial charge >= 0.3 is 0 Å². The SMILES string of the molecule is CC(C)(C)P1(=O)c2c(cccc2-c2ccccc2)O[C@H]1c1ccccn1. The van der Waals surface area contributed by atoms with Crippen molar-refractivity contribution in [2.75, 3.05) is 0 Å². The molecule has 0 spiro atoms. The molecule has 0 saturated carbocycles. The van der Waals surface area contributed by atoms with Crippen LogP contribution in [0.4, 0.5) is 0 Å². The van der Waals surface area contributed by atoms with Crippen molar-refractivity contribution in [2.24, 2.45) is 0 Å². The van der Waals surface area contributed by atoms with E-state index in [1.165, 1.54) is 0 Å². The maximum atomic E-state index is 14.6. The Morgan fingerprint density at radius 2 is 1.65 bits per heavy atom. The molecule has 0 bridgehead atoms. The zero-order valence-corrected chi connectivity index (χ0v) is 16.1. The molecule has 132 valence electrons. The third kappa shape index (κ3) is 2.50. The van der Waals surface area contributed by atoms with E-state index in [-0.39, 0.29) is 0 Å². The number of pyridine rings is 1. The fourth-order valence-corrected chi connectivity index (χ4v) is 6.99. The topological polar surface area (TPSA) is 39.2 Å². The first kappa shape index (κ1) is 17.1. The summed E-state index contributed by atoms with van der Waals surface area (Å²) >= 11 is 0. The number of aromatic nitrogens is 1. The van der Waals surface area contributed by atoms with Crippen LogP contribution in [-0.2, 0) is 4.57 Å². The molecule has 0 saturated heterocycles. The molecule has 0 fully saturated rings. The first-order valence-electron chi connectivity index (χ1n) is 8.79. The number of benzene rings is 2. The molecule has 1 aromatic heterocycles. The van der Waals surface area contributed by atoms with Crippen molar-refractivity contribution in [3.05, 3.63) is 78.6 Å². The molecule has 0 radical (unpaired) electrons. The zero-order chi connectivity index (χ0) is 18.4. The number of ether oxygens (including phenoxy) is 1. The van der Waals surface area contributed by atoms with Gasteiger partial charge in [0.15, 0.2) is 13.0 Å². The molecule has 4 heteroatoms. The van der Waals surface area contributed by atoms with Gasteiger partial charge in [0.2, 0.25) is 0 Å². The fraction of sp³-hybridized carbons (Fsp3) is 0.227. The number of hydrogen-bond acceptors (Lipinski definition) is 3. The van der Waals surface area contributed by atoms with Crippen LogP contribution in [0.1, 0.15) is 32.3 Å². The highest BCUT2D eigenvalue weighted by molar-refractivity contribution is 7.74. The molecule has 2 atom stereocenters. The monoisotopic (exact) mass is 363 g/mol. The van der Waals surface area contributed by atoms with Crippen molar-refractivity contribution in [3.8, 4) is 16.9 Å². The van der Waals surface area contributed by atoms with E-state index in [0.717, 1.165) is 22.1 Å². The summed E-state index contributed by atoms with van der Waals surface area (Å²) < 4.78 is 20.9. The highest BCUT2D eigenvalue weighted by atomic mass is 31.2. The molecule has 26 heavy (non-hydrogen) atoms. The van der Waals surface area contributed by atoms with Crippen LogP contribution in [0.3, 0.4) is 0 Å². The predicted molar refractivity (Wildman–Crippen MR) is 106 cm³/mol. The van der Waals surface area contributed by atoms with E-state index >= 15 is 0 Å². The predicted octanol–water partition coefficient (Wildman–Crippen LogP) is 5.63. The van der Waals surface area contributed by atoms with E-state index in [1.807, 2.05) is 75.4 Å². The molecule has 2 heterocycles. The van der Waals surface area contributed by atoms with E-state index in [1.54, 1.807) is 6.20 Å². The maximum absolute atomic E-state index is 14.6. The lowest BCUT2D eigenvalue weighted by Gasteiger charge is -2.32. The van der Waals surface area contributed by atoms with Crippen molar-refractivity contribution in [2.45, 2.75) is 31.8 Å². The molecule has 4 rings (SSSR count). The van der Waals surface area contributed by atoms with Gasteiger partial charge in [0.05, 0.1) is 11.0 Å². The quantitative estimate of drug-likeness (QED) is 0.554. The lowest BCUT2D eigenvalue weighted by Crippen LogP contribution is -2.25. The minimum Gasteiger partial charge on any atom is -0.475 e. The average Bonchev–Trinajstić information content (AvgIpc) is 2.97. The standard InChI is InChI=1S/C22H22NO2P/c1-22(2,3)26(24)20-17(16-10-5-4-6-11-16)12-9-14-19(20)25-21(26)18-13-7-8-15-23-18/h4-15,21H,1-3H3/t21-,26?/m1/s1. The Hall–Kier alpha value is -2.38. The summed E-state index contributed by atoms with van der Waals surface area (Å²) in [5.41, 5.74) is 2.76. The summed E-state index contributed by atoms with van der Waals surface area (Å²) in [6.07, 6.45) is 1.73. The zero-order valence-electron chi connectivity index (χ0n) is 15.2. The summed E-state index contributed by atoms with van der Waals surface area (Å²) in [5.74, 6) is 0.156. The first-order valence-corrected chi connectivity index (χ1v) is 10.6. The van der Waals surface area contributed by atoms with Crippen molar-refractivity contribution < 1.29 is 9.30 Å². The van der Waals surface area contributed by atoms with Crippen LogP contribution in [0, 0.1) is 0 Å². The van der Waals surface area contributed by atoms with Gasteiger partial charge < -0.3 is 9.30 Å². The highest BCUT2D eigenvalue weighted by Crippen LogP contribution is 2.72. The lowest BCUT2D eigenvalue weighted by atomic mass is 10.1. The van der Waals surface area contributed by atoms with Gasteiger partial charge in [-0.25, -0.2) is 0 Å². The Labute approximate surface area is 154 Å². The minimum absolute atomic E-state index is 0.453. The van der Waals surface area contributed by atoms with E-state index in [4.69, 9.17) is 4.74 Å². The van der Waals surface area contributed by atoms with Crippen LogP contribution in [0.2, 0.25) is 0 Å². The maximum Gasteiger partial charge on any atom is 0.197 e. The van der Waals surface area contributed by atoms with E-state index in [2.05, 4.69) is 17.1 Å². The molecule has 0 N–H and O–H groups in total. The normalized spacial score (nSPS) is 21.9. The number of hydrogen-bond donors (Lipinski definition) is 0. The van der Waals surface area contributed by atoms with Gasteiger partial charge in [-0.1, -0.05) is 69.3 Å². The van der Waals surface area contributed by atoms with E-state index in [9.17, 15) is 4.57 Å². The van der Waals surface area contributed by atoms with Gasteiger partial charge in [-0.2, -0.15) is 0 Å². The summed E-state index contributed by atoms with van der Waals surface area (Å²) in [4.78, 5) is 4.46. The third-order valence-corrected chi connectivity index (χ3v) is 9.07. The summed E-state index contributed by atoms with van der Waals surface area (Å²) in [6.45, 7) is 6.10. The average molecular weight is 363 g/mol. The first-order chi connectivity index (χ1) is 12.4. The molecule has 0 aliphatic carbocycles. The summed E-state index contributed by atoms with van der Waals surface area (Å²) in [6, 6.07) is 21.7. The summed E-state index contributed by atoms with van der Waals surface area (Å²) in [5, 5.41) is 0.389. The Morgan fingerprint density at radius 1 is 0.923 bits per heavy atom. The van der Waals surface area contributed by atoms with E-state index in [0.29, 0.717) is 5.75 Å². The van der Waals surface area contributed by atoms with Crippen molar-refractivity contribution in [1.29, 1.82) is 0 Å². The molecular formula is C22H22NO2P. The van der Waals surface area contributed by atoms with Crippen LogP contribution in [0.25, 0.3) is 11.1 Å². The lowest BCUT2D eigenvalue weighted by molar-refractivity contribution is 0.286. The molecule has 1 aliphatic heterocycles. The van der Waals surface area contributed by atoms with E-state index < -0.39 is 18.1 Å². The smallest absolute Gasteiger partial charge is 0.197 e. The molecular weight excluding hydrogens is 341 g/mol.